The highest BCUT2D eigenvalue weighted by Crippen LogP contribution is 2.38. The number of carboxylic acids is 2. The van der Waals surface area contributed by atoms with Gasteiger partial charge in [-0.3, -0.25) is 4.55 Å². The van der Waals surface area contributed by atoms with Crippen molar-refractivity contribution < 1.29 is 43.0 Å². The van der Waals surface area contributed by atoms with Crippen molar-refractivity contribution in [3.05, 3.63) is 113 Å². The van der Waals surface area contributed by atoms with E-state index in [0.717, 1.165) is 0 Å². The number of hydrogen-bond acceptors (Lipinski definition) is 6. The van der Waals surface area contributed by atoms with Crippen LogP contribution in [0.25, 0.3) is 21.5 Å². The normalized spacial score (nSPS) is 11.2. The number of aromatic carboxylic acids is 2. The molecule has 0 aliphatic rings. The molecule has 0 aliphatic carbocycles. The van der Waals surface area contributed by atoms with Crippen LogP contribution in [0, 0.1) is 6.92 Å². The van der Waals surface area contributed by atoms with Gasteiger partial charge in [-0.2, -0.15) is 8.42 Å². The van der Waals surface area contributed by atoms with Gasteiger partial charge in [0.2, 0.25) is 0 Å². The zero-order valence-corrected chi connectivity index (χ0v) is 21.9. The second-order valence-corrected chi connectivity index (χ2v) is 10.4. The summed E-state index contributed by atoms with van der Waals surface area (Å²) in [5, 5.41) is 42.8. The van der Waals surface area contributed by atoms with E-state index in [4.69, 9.17) is 4.55 Å². The number of rotatable bonds is 5. The molecular formula is C30H24O9S. The van der Waals surface area contributed by atoms with E-state index in [1.54, 1.807) is 73.7 Å². The zero-order valence-electron chi connectivity index (χ0n) is 21.1. The molecule has 5 aromatic carbocycles. The van der Waals surface area contributed by atoms with Crippen LogP contribution in [-0.4, -0.2) is 45.3 Å². The molecular weight excluding hydrogens is 536 g/mol. The average Bonchev–Trinajstić information content (AvgIpc) is 2.90. The lowest BCUT2D eigenvalue weighted by atomic mass is 9.90. The summed E-state index contributed by atoms with van der Waals surface area (Å²) in [5.41, 5.74) is 0.663. The van der Waals surface area contributed by atoms with Crippen molar-refractivity contribution in [1.82, 2.24) is 0 Å². The van der Waals surface area contributed by atoms with E-state index in [1.165, 1.54) is 18.2 Å². The monoisotopic (exact) mass is 560 g/mol. The largest absolute Gasteiger partial charge is 0.507 e. The molecule has 5 aromatic rings. The lowest BCUT2D eigenvalue weighted by molar-refractivity contribution is 0.0682. The van der Waals surface area contributed by atoms with Crippen LogP contribution in [0.4, 0.5) is 0 Å². The third kappa shape index (κ3) is 5.58. The molecule has 0 unspecified atom stereocenters. The Labute approximate surface area is 229 Å². The summed E-state index contributed by atoms with van der Waals surface area (Å²) >= 11 is 0. The number of carbonyl (C=O) groups is 2. The summed E-state index contributed by atoms with van der Waals surface area (Å²) in [6.45, 7) is 1.63. The second-order valence-electron chi connectivity index (χ2n) is 8.97. The standard InChI is InChI=1S/C23H16O6.C7H8O3S/c24-20-16(14-7-3-1-5-12(14)9-18(20)22(26)27)11-17-15-8-4-2-6-13(15)10-19(21(17)25)23(28)29;1-6-4-2-3-5-7(6)11(8,9)10/h1-10,24-25H,11H2,(H,26,27)(H,28,29);2-5H,1H3,(H,8,9,10). The van der Waals surface area contributed by atoms with E-state index < -0.39 is 33.6 Å². The van der Waals surface area contributed by atoms with Crippen molar-refractivity contribution in [3.63, 3.8) is 0 Å². The molecule has 0 spiro atoms. The zero-order chi connectivity index (χ0) is 29.2. The van der Waals surface area contributed by atoms with Crippen molar-refractivity contribution in [3.8, 4) is 11.5 Å². The Morgan fingerprint density at radius 2 is 1.07 bits per heavy atom. The van der Waals surface area contributed by atoms with Crippen LogP contribution < -0.4 is 0 Å². The van der Waals surface area contributed by atoms with Crippen LogP contribution in [0.5, 0.6) is 11.5 Å². The molecule has 5 N–H and O–H groups in total. The number of hydrogen-bond donors (Lipinski definition) is 5. The van der Waals surface area contributed by atoms with Crippen molar-refractivity contribution in [1.29, 1.82) is 0 Å². The van der Waals surface area contributed by atoms with Crippen LogP contribution in [0.2, 0.25) is 0 Å². The molecule has 0 radical (unpaired) electrons. The third-order valence-electron chi connectivity index (χ3n) is 6.44. The summed E-state index contributed by atoms with van der Waals surface area (Å²) in [6.07, 6.45) is -0.0407. The first-order valence-corrected chi connectivity index (χ1v) is 13.3. The van der Waals surface area contributed by atoms with Crippen molar-refractivity contribution in [2.45, 2.75) is 18.2 Å². The molecule has 0 saturated heterocycles. The quantitative estimate of drug-likeness (QED) is 0.171. The number of phenols is 2. The van der Waals surface area contributed by atoms with Gasteiger partial charge < -0.3 is 20.4 Å². The highest BCUT2D eigenvalue weighted by Gasteiger charge is 2.22. The first-order valence-electron chi connectivity index (χ1n) is 11.9. The van der Waals surface area contributed by atoms with Crippen molar-refractivity contribution in [2.24, 2.45) is 0 Å². The molecule has 0 bridgehead atoms. The topological polar surface area (TPSA) is 169 Å². The molecule has 0 heterocycles. The Bertz CT molecular complexity index is 1790. The van der Waals surface area contributed by atoms with E-state index >= 15 is 0 Å². The molecule has 5 rings (SSSR count). The highest BCUT2D eigenvalue weighted by atomic mass is 32.2. The van der Waals surface area contributed by atoms with Gasteiger partial charge in [0.05, 0.1) is 4.90 Å². The molecule has 0 amide bonds. The van der Waals surface area contributed by atoms with E-state index in [9.17, 15) is 38.4 Å². The van der Waals surface area contributed by atoms with Gasteiger partial charge >= 0.3 is 11.9 Å². The van der Waals surface area contributed by atoms with Gasteiger partial charge in [-0.25, -0.2) is 9.59 Å². The minimum Gasteiger partial charge on any atom is -0.507 e. The summed E-state index contributed by atoms with van der Waals surface area (Å²) in [5.74, 6) is -3.36. The van der Waals surface area contributed by atoms with Crippen LogP contribution >= 0.6 is 0 Å². The van der Waals surface area contributed by atoms with Gasteiger partial charge in [0.25, 0.3) is 10.1 Å². The number of benzene rings is 5. The molecule has 0 atom stereocenters. The predicted molar refractivity (Wildman–Crippen MR) is 149 cm³/mol. The van der Waals surface area contributed by atoms with Gasteiger partial charge in [0, 0.05) is 17.5 Å². The lowest BCUT2D eigenvalue weighted by Crippen LogP contribution is -2.04. The maximum Gasteiger partial charge on any atom is 0.339 e. The van der Waals surface area contributed by atoms with Gasteiger partial charge in [0.15, 0.2) is 0 Å². The van der Waals surface area contributed by atoms with Crippen LogP contribution in [0.15, 0.2) is 89.8 Å². The fourth-order valence-electron chi connectivity index (χ4n) is 4.53. The molecule has 0 aromatic heterocycles. The number of fused-ring (bicyclic) bond motifs is 2. The SMILES string of the molecule is Cc1ccccc1S(=O)(=O)O.O=C(O)c1cc2ccccc2c(Cc2c(O)c(C(=O)O)cc3ccccc23)c1O. The summed E-state index contributed by atoms with van der Waals surface area (Å²) in [4.78, 5) is 23.2. The van der Waals surface area contributed by atoms with E-state index in [1.807, 2.05) is 0 Å². The van der Waals surface area contributed by atoms with Crippen LogP contribution in [0.3, 0.4) is 0 Å². The average molecular weight is 561 g/mol. The first kappa shape index (κ1) is 28.1. The Balaban J connectivity index is 0.000000283. The fourth-order valence-corrected chi connectivity index (χ4v) is 5.26. The predicted octanol–water partition coefficient (Wildman–Crippen LogP) is 5.63. The minimum atomic E-state index is -4.03. The summed E-state index contributed by atoms with van der Waals surface area (Å²) in [7, 11) is -4.03. The maximum absolute atomic E-state index is 11.6. The second kappa shape index (κ2) is 11.0. The van der Waals surface area contributed by atoms with Gasteiger partial charge in [0.1, 0.15) is 22.6 Å². The fraction of sp³-hybridized carbons (Fsp3) is 0.0667. The molecule has 40 heavy (non-hydrogen) atoms. The van der Waals surface area contributed by atoms with Crippen LogP contribution in [0.1, 0.15) is 37.4 Å². The minimum absolute atomic E-state index is 0.0278. The Morgan fingerprint density at radius 3 is 1.45 bits per heavy atom. The van der Waals surface area contributed by atoms with Crippen molar-refractivity contribution >= 4 is 43.6 Å². The smallest absolute Gasteiger partial charge is 0.339 e. The summed E-state index contributed by atoms with van der Waals surface area (Å²) < 4.78 is 29.9. The van der Waals surface area contributed by atoms with E-state index in [-0.39, 0.29) is 22.4 Å². The van der Waals surface area contributed by atoms with Gasteiger partial charge in [-0.1, -0.05) is 66.7 Å². The van der Waals surface area contributed by atoms with E-state index in [2.05, 4.69) is 0 Å². The lowest BCUT2D eigenvalue weighted by Gasteiger charge is -2.16. The van der Waals surface area contributed by atoms with Crippen molar-refractivity contribution in [2.75, 3.05) is 0 Å². The first-order chi connectivity index (χ1) is 18.9. The van der Waals surface area contributed by atoms with E-state index in [0.29, 0.717) is 38.2 Å². The Morgan fingerprint density at radius 1 is 0.675 bits per heavy atom. The highest BCUT2D eigenvalue weighted by molar-refractivity contribution is 7.85. The number of carboxylic acid groups (broad SMARTS) is 2. The molecule has 204 valence electrons. The molecule has 10 heteroatoms. The molecule has 0 saturated carbocycles. The molecule has 9 nitrogen and oxygen atoms in total. The van der Waals surface area contributed by atoms with Gasteiger partial charge in [-0.15, -0.1) is 0 Å². The maximum atomic E-state index is 11.6. The Kier molecular flexibility index (Phi) is 7.76. The number of aryl methyl sites for hydroxylation is 1. The number of aromatic hydroxyl groups is 2. The van der Waals surface area contributed by atoms with Gasteiger partial charge in [-0.05, 0) is 52.2 Å². The Hall–Kier alpha value is -4.93. The van der Waals surface area contributed by atoms with Crippen LogP contribution in [-0.2, 0) is 16.5 Å². The molecule has 0 fully saturated rings. The third-order valence-corrected chi connectivity index (χ3v) is 7.45. The molecule has 0 aliphatic heterocycles. The summed E-state index contributed by atoms with van der Waals surface area (Å²) in [6, 6.07) is 23.0.